The maximum Gasteiger partial charge on any atom is 0.332 e. The van der Waals surface area contributed by atoms with Crippen molar-refractivity contribution in [2.24, 2.45) is 5.73 Å². The smallest absolute Gasteiger partial charge is 0.332 e. The Hall–Kier alpha value is -0.710. The largest absolute Gasteiger partial charge is 0.394 e. The highest BCUT2D eigenvalue weighted by atomic mass is 32.2. The summed E-state index contributed by atoms with van der Waals surface area (Å²) in [6.45, 7) is -1.22. The third-order valence-corrected chi connectivity index (χ3v) is 4.54. The van der Waals surface area contributed by atoms with Crippen molar-refractivity contribution < 1.29 is 51.2 Å². The van der Waals surface area contributed by atoms with E-state index in [0.717, 1.165) is 0 Å². The molecule has 12 nitrogen and oxygen atoms in total. The first-order valence-electron chi connectivity index (χ1n) is 4.64. The van der Waals surface area contributed by atoms with Gasteiger partial charge in [-0.25, -0.2) is 0 Å². The molecule has 0 bridgehead atoms. The third-order valence-electron chi connectivity index (χ3n) is 2.32. The van der Waals surface area contributed by atoms with Crippen molar-refractivity contribution >= 4 is 25.4 Å². The molecule has 0 aliphatic rings. The van der Waals surface area contributed by atoms with Crippen molar-refractivity contribution in [2.75, 3.05) is 6.61 Å². The van der Waals surface area contributed by atoms with Crippen LogP contribution >= 0.6 is 0 Å². The summed E-state index contributed by atoms with van der Waals surface area (Å²) in [6.07, 6.45) is -7.92. The normalized spacial score (nSPS) is 20.8. The molecule has 0 unspecified atom stereocenters. The monoisotopic (exact) mass is 339 g/mol. The number of aliphatic hydroxyl groups is 4. The highest BCUT2D eigenvalue weighted by Gasteiger charge is 2.60. The molecule has 0 aromatic carbocycles. The van der Waals surface area contributed by atoms with Gasteiger partial charge < -0.3 is 26.2 Å². The second-order valence-corrected chi connectivity index (χ2v) is 6.66. The number of carbonyl (C=O) groups excluding carboxylic acids is 1. The number of carbonyl (C=O) groups is 1. The molecule has 0 fully saturated rings. The molecule has 120 valence electrons. The lowest BCUT2D eigenvalue weighted by Gasteiger charge is -2.32. The zero-order valence-corrected chi connectivity index (χ0v) is 11.2. The maximum atomic E-state index is 11.3. The summed E-state index contributed by atoms with van der Waals surface area (Å²) in [7, 11) is -11.6. The van der Waals surface area contributed by atoms with Gasteiger partial charge in [-0.05, 0) is 0 Å². The van der Waals surface area contributed by atoms with E-state index in [1.807, 2.05) is 0 Å². The minimum Gasteiger partial charge on any atom is -0.394 e. The molecular formula is C6H13NO11S2. The van der Waals surface area contributed by atoms with E-state index in [0.29, 0.717) is 0 Å². The van der Waals surface area contributed by atoms with Crippen molar-refractivity contribution in [3.63, 3.8) is 0 Å². The molecule has 0 aromatic heterocycles. The second-order valence-electron chi connectivity index (χ2n) is 3.72. The lowest BCUT2D eigenvalue weighted by molar-refractivity contribution is -0.126. The standard InChI is InChI=1S/C6H13NO11S2/c7-6(20(16,17)18,5(12)19(13,14)15)4(11)3(10)2(9)1-8/h2-4,8-11H,1,7H2,(H,13,14,15)(H,16,17,18)/t2-,3-,4+,6+/m1/s1. The summed E-state index contributed by atoms with van der Waals surface area (Å²) in [4.78, 5) is 7.20. The van der Waals surface area contributed by atoms with Crippen LogP contribution < -0.4 is 5.73 Å². The van der Waals surface area contributed by atoms with Gasteiger partial charge in [0.1, 0.15) is 18.3 Å². The van der Waals surface area contributed by atoms with Crippen molar-refractivity contribution in [2.45, 2.75) is 23.2 Å². The third kappa shape index (κ3) is 3.48. The molecule has 0 amide bonds. The quantitative estimate of drug-likeness (QED) is 0.225. The molecular weight excluding hydrogens is 326 g/mol. The predicted octanol–water partition coefficient (Wildman–Crippen LogP) is -4.98. The Morgan fingerprint density at radius 1 is 1.10 bits per heavy atom. The van der Waals surface area contributed by atoms with E-state index in [-0.39, 0.29) is 0 Å². The van der Waals surface area contributed by atoms with Gasteiger partial charge in [0, 0.05) is 0 Å². The van der Waals surface area contributed by atoms with Gasteiger partial charge >= 0.3 is 15.2 Å². The van der Waals surface area contributed by atoms with Gasteiger partial charge in [-0.1, -0.05) is 0 Å². The Morgan fingerprint density at radius 2 is 1.50 bits per heavy atom. The minimum atomic E-state index is -5.85. The predicted molar refractivity (Wildman–Crippen MR) is 60.1 cm³/mol. The SMILES string of the molecule is N[C@@](C(=O)S(=O)(=O)O)([C@@H](O)[C@H](O)[C@H](O)CO)S(=O)(=O)O. The van der Waals surface area contributed by atoms with Crippen molar-refractivity contribution in [3.05, 3.63) is 0 Å². The van der Waals surface area contributed by atoms with Crippen LogP contribution in [0.2, 0.25) is 0 Å². The van der Waals surface area contributed by atoms with Crippen molar-refractivity contribution in [1.82, 2.24) is 0 Å². The fourth-order valence-electron chi connectivity index (χ4n) is 1.15. The summed E-state index contributed by atoms with van der Waals surface area (Å²) < 4.78 is 60.6. The van der Waals surface area contributed by atoms with Crippen LogP contribution in [0.4, 0.5) is 0 Å². The zero-order valence-electron chi connectivity index (χ0n) is 9.56. The van der Waals surface area contributed by atoms with E-state index >= 15 is 0 Å². The number of hydrogen-bond donors (Lipinski definition) is 7. The summed E-state index contributed by atoms with van der Waals surface area (Å²) in [5.74, 6) is 0. The maximum absolute atomic E-state index is 11.3. The Kier molecular flexibility index (Phi) is 5.75. The first kappa shape index (κ1) is 19.3. The molecule has 0 saturated carbocycles. The number of hydrogen-bond acceptors (Lipinski definition) is 10. The van der Waals surface area contributed by atoms with E-state index in [1.165, 1.54) is 0 Å². The number of rotatable bonds is 6. The average Bonchev–Trinajstić information content (AvgIpc) is 2.31. The van der Waals surface area contributed by atoms with Crippen LogP contribution in [0.5, 0.6) is 0 Å². The summed E-state index contributed by atoms with van der Waals surface area (Å²) in [5.41, 5.74) is 4.81. The van der Waals surface area contributed by atoms with Crippen molar-refractivity contribution in [1.29, 1.82) is 0 Å². The van der Waals surface area contributed by atoms with Gasteiger partial charge in [-0.15, -0.1) is 0 Å². The van der Waals surface area contributed by atoms with Crippen LogP contribution in [0, 0.1) is 0 Å². The Morgan fingerprint density at radius 3 is 1.75 bits per heavy atom. The molecule has 0 saturated heterocycles. The van der Waals surface area contributed by atoms with Crippen LogP contribution in [0.25, 0.3) is 0 Å². The van der Waals surface area contributed by atoms with Gasteiger partial charge in [-0.2, -0.15) is 16.8 Å². The number of nitrogens with two attached hydrogens (primary N) is 1. The highest BCUT2D eigenvalue weighted by molar-refractivity contribution is 8.04. The summed E-state index contributed by atoms with van der Waals surface area (Å²) in [6, 6.07) is 0. The molecule has 0 aliphatic carbocycles. The minimum absolute atomic E-state index is 1.22. The summed E-state index contributed by atoms with van der Waals surface area (Å²) in [5, 5.41) is 33.4. The van der Waals surface area contributed by atoms with Gasteiger partial charge in [0.25, 0.3) is 10.1 Å². The topological polar surface area (TPSA) is 233 Å². The first-order chi connectivity index (χ1) is 8.71. The van der Waals surface area contributed by atoms with E-state index in [4.69, 9.17) is 25.1 Å². The Balaban J connectivity index is 6.03. The lowest BCUT2D eigenvalue weighted by atomic mass is 10.0. The Labute approximate surface area is 112 Å². The number of aliphatic hydroxyl groups excluding tert-OH is 4. The van der Waals surface area contributed by atoms with E-state index in [1.54, 1.807) is 0 Å². The molecule has 0 radical (unpaired) electrons. The Bertz CT molecular complexity index is 568. The van der Waals surface area contributed by atoms with Gasteiger partial charge in [-0.3, -0.25) is 13.9 Å². The van der Waals surface area contributed by atoms with Crippen LogP contribution in [0.15, 0.2) is 0 Å². The molecule has 20 heavy (non-hydrogen) atoms. The fourth-order valence-corrected chi connectivity index (χ4v) is 2.96. The molecule has 0 aromatic rings. The fraction of sp³-hybridized carbons (Fsp3) is 0.833. The average molecular weight is 339 g/mol. The zero-order chi connectivity index (χ0) is 16.5. The van der Waals surface area contributed by atoms with Crippen LogP contribution in [0.3, 0.4) is 0 Å². The van der Waals surface area contributed by atoms with E-state index in [9.17, 15) is 31.8 Å². The highest BCUT2D eigenvalue weighted by Crippen LogP contribution is 2.22. The van der Waals surface area contributed by atoms with Crippen LogP contribution in [0.1, 0.15) is 0 Å². The van der Waals surface area contributed by atoms with Gasteiger partial charge in [0.2, 0.25) is 4.87 Å². The molecule has 8 N–H and O–H groups in total. The first-order valence-corrected chi connectivity index (χ1v) is 7.52. The molecule has 0 heterocycles. The van der Waals surface area contributed by atoms with Crippen LogP contribution in [-0.2, 0) is 25.0 Å². The molecule has 0 rings (SSSR count). The van der Waals surface area contributed by atoms with Gasteiger partial charge in [0.05, 0.1) is 6.61 Å². The molecule has 0 spiro atoms. The van der Waals surface area contributed by atoms with Crippen molar-refractivity contribution in [3.8, 4) is 0 Å². The molecule has 4 atom stereocenters. The summed E-state index contributed by atoms with van der Waals surface area (Å²) >= 11 is 0. The van der Waals surface area contributed by atoms with E-state index in [2.05, 4.69) is 0 Å². The molecule has 0 aliphatic heterocycles. The van der Waals surface area contributed by atoms with Crippen LogP contribution in [-0.4, -0.2) is 81.3 Å². The second kappa shape index (κ2) is 5.96. The lowest BCUT2D eigenvalue weighted by Crippen LogP contribution is -2.68. The van der Waals surface area contributed by atoms with Gasteiger partial charge in [0.15, 0.2) is 0 Å². The molecule has 14 heteroatoms. The van der Waals surface area contributed by atoms with E-state index < -0.39 is 55.1 Å².